The highest BCUT2D eigenvalue weighted by Crippen LogP contribution is 2.05. The van der Waals surface area contributed by atoms with E-state index in [-0.39, 0.29) is 5.91 Å². The van der Waals surface area contributed by atoms with Gasteiger partial charge in [0.25, 0.3) is 0 Å². The molecule has 0 aliphatic carbocycles. The van der Waals surface area contributed by atoms with Crippen molar-refractivity contribution in [1.82, 2.24) is 5.32 Å². The first kappa shape index (κ1) is 15.6. The Kier molecular flexibility index (Phi) is 6.83. The molecule has 0 bridgehead atoms. The molecule has 4 nitrogen and oxygen atoms in total. The molecule has 1 amide bonds. The van der Waals surface area contributed by atoms with Crippen LogP contribution in [0.25, 0.3) is 0 Å². The summed E-state index contributed by atoms with van der Waals surface area (Å²) in [6, 6.07) is 0. The number of nitrogens with two attached hydrogens (primary N) is 1. The van der Waals surface area contributed by atoms with Crippen molar-refractivity contribution in [2.75, 3.05) is 12.3 Å². The van der Waals surface area contributed by atoms with Gasteiger partial charge in [0.2, 0.25) is 5.91 Å². The molecule has 0 aliphatic rings. The van der Waals surface area contributed by atoms with E-state index in [9.17, 15) is 9.00 Å². The van der Waals surface area contributed by atoms with Gasteiger partial charge < -0.3 is 11.1 Å². The van der Waals surface area contributed by atoms with Crippen LogP contribution in [-0.2, 0) is 15.6 Å². The van der Waals surface area contributed by atoms with Crippen molar-refractivity contribution in [3.05, 3.63) is 0 Å². The number of hydrogen-bond acceptors (Lipinski definition) is 3. The van der Waals surface area contributed by atoms with E-state index in [1.165, 1.54) is 0 Å². The number of unbranched alkanes of at least 4 members (excludes halogenated alkanes) is 1. The quantitative estimate of drug-likeness (QED) is 0.654. The highest BCUT2D eigenvalue weighted by molar-refractivity contribution is 7.86. The van der Waals surface area contributed by atoms with Crippen molar-refractivity contribution in [3.8, 4) is 0 Å². The minimum absolute atomic E-state index is 0.143. The molecular formula is C11H24N2O2S. The lowest BCUT2D eigenvalue weighted by atomic mass is 10.1. The Balaban J connectivity index is 4.07. The summed E-state index contributed by atoms with van der Waals surface area (Å²) in [4.78, 5) is 11.6. The van der Waals surface area contributed by atoms with Crippen LogP contribution in [-0.4, -0.2) is 33.2 Å². The predicted molar refractivity (Wildman–Crippen MR) is 68.7 cm³/mol. The predicted octanol–water partition coefficient (Wildman–Crippen LogP) is 0.777. The van der Waals surface area contributed by atoms with Crippen LogP contribution in [0, 0.1) is 0 Å². The number of nitrogens with one attached hydrogen (secondary N) is 1. The Morgan fingerprint density at radius 1 is 1.50 bits per heavy atom. The van der Waals surface area contributed by atoms with Crippen LogP contribution in [0.3, 0.4) is 0 Å². The van der Waals surface area contributed by atoms with Gasteiger partial charge in [0.15, 0.2) is 0 Å². The molecule has 0 aromatic rings. The SMILES string of the molecule is CCCCNC(=O)C(C)S(=O)CC(C)(C)N. The summed E-state index contributed by atoms with van der Waals surface area (Å²) in [7, 11) is -1.21. The van der Waals surface area contributed by atoms with Crippen LogP contribution in [0.1, 0.15) is 40.5 Å². The molecule has 0 aromatic carbocycles. The van der Waals surface area contributed by atoms with Gasteiger partial charge in [-0.25, -0.2) is 0 Å². The van der Waals surface area contributed by atoms with Gasteiger partial charge in [0.05, 0.1) is 0 Å². The second-order valence-corrected chi connectivity index (χ2v) is 6.56. The summed E-state index contributed by atoms with van der Waals surface area (Å²) < 4.78 is 11.8. The fraction of sp³-hybridized carbons (Fsp3) is 0.909. The normalized spacial score (nSPS) is 15.6. The third kappa shape index (κ3) is 6.95. The van der Waals surface area contributed by atoms with E-state index in [0.717, 1.165) is 12.8 Å². The molecule has 0 saturated carbocycles. The molecule has 0 fully saturated rings. The van der Waals surface area contributed by atoms with Gasteiger partial charge in [-0.05, 0) is 27.2 Å². The lowest BCUT2D eigenvalue weighted by molar-refractivity contribution is -0.120. The van der Waals surface area contributed by atoms with E-state index in [1.807, 2.05) is 13.8 Å². The molecule has 0 spiro atoms. The summed E-state index contributed by atoms with van der Waals surface area (Å²) in [5.74, 6) is 0.200. The molecule has 2 unspecified atom stereocenters. The van der Waals surface area contributed by atoms with Gasteiger partial charge in [0.1, 0.15) is 5.25 Å². The third-order valence-corrected chi connectivity index (χ3v) is 4.14. The Hall–Kier alpha value is -0.420. The first-order chi connectivity index (χ1) is 7.28. The molecule has 0 rings (SSSR count). The minimum atomic E-state index is -1.21. The Morgan fingerprint density at radius 3 is 2.50 bits per heavy atom. The largest absolute Gasteiger partial charge is 0.355 e. The van der Waals surface area contributed by atoms with Crippen molar-refractivity contribution in [2.45, 2.75) is 51.3 Å². The molecule has 0 aromatic heterocycles. The van der Waals surface area contributed by atoms with Gasteiger partial charge in [-0.15, -0.1) is 0 Å². The van der Waals surface area contributed by atoms with Gasteiger partial charge >= 0.3 is 0 Å². The fourth-order valence-corrected chi connectivity index (χ4v) is 2.45. The zero-order chi connectivity index (χ0) is 12.8. The second-order valence-electron chi connectivity index (χ2n) is 4.80. The molecule has 0 heterocycles. The summed E-state index contributed by atoms with van der Waals surface area (Å²) >= 11 is 0. The first-order valence-electron chi connectivity index (χ1n) is 5.71. The summed E-state index contributed by atoms with van der Waals surface area (Å²) in [6.07, 6.45) is 1.99. The van der Waals surface area contributed by atoms with Crippen molar-refractivity contribution in [1.29, 1.82) is 0 Å². The highest BCUT2D eigenvalue weighted by Gasteiger charge is 2.24. The zero-order valence-corrected chi connectivity index (χ0v) is 11.5. The molecular weight excluding hydrogens is 224 g/mol. The molecule has 96 valence electrons. The van der Waals surface area contributed by atoms with Crippen LogP contribution < -0.4 is 11.1 Å². The maximum Gasteiger partial charge on any atom is 0.235 e. The fourth-order valence-electron chi connectivity index (χ4n) is 1.14. The topological polar surface area (TPSA) is 72.2 Å². The Morgan fingerprint density at radius 2 is 2.06 bits per heavy atom. The smallest absolute Gasteiger partial charge is 0.235 e. The zero-order valence-electron chi connectivity index (χ0n) is 10.7. The molecule has 2 atom stereocenters. The van der Waals surface area contributed by atoms with Crippen molar-refractivity contribution in [2.24, 2.45) is 5.73 Å². The first-order valence-corrected chi connectivity index (χ1v) is 7.10. The van der Waals surface area contributed by atoms with Gasteiger partial charge in [0, 0.05) is 28.6 Å². The van der Waals surface area contributed by atoms with Crippen LogP contribution in [0.4, 0.5) is 0 Å². The third-order valence-electron chi connectivity index (χ3n) is 2.11. The van der Waals surface area contributed by atoms with E-state index >= 15 is 0 Å². The number of hydrogen-bond donors (Lipinski definition) is 2. The standard InChI is InChI=1S/C11H24N2O2S/c1-5-6-7-13-10(14)9(2)16(15)8-11(3,4)12/h9H,5-8,12H2,1-4H3,(H,13,14). The number of carbonyl (C=O) groups is 1. The maximum atomic E-state index is 11.8. The average molecular weight is 248 g/mol. The molecule has 3 N–H and O–H groups in total. The monoisotopic (exact) mass is 248 g/mol. The summed E-state index contributed by atoms with van der Waals surface area (Å²) in [5.41, 5.74) is 5.27. The molecule has 0 saturated heterocycles. The van der Waals surface area contributed by atoms with Crippen LogP contribution in [0.5, 0.6) is 0 Å². The van der Waals surface area contributed by atoms with E-state index < -0.39 is 21.6 Å². The lowest BCUT2D eigenvalue weighted by Gasteiger charge is -2.20. The van der Waals surface area contributed by atoms with Crippen molar-refractivity contribution in [3.63, 3.8) is 0 Å². The van der Waals surface area contributed by atoms with E-state index in [1.54, 1.807) is 6.92 Å². The van der Waals surface area contributed by atoms with Gasteiger partial charge in [-0.1, -0.05) is 13.3 Å². The van der Waals surface area contributed by atoms with Crippen molar-refractivity contribution < 1.29 is 9.00 Å². The Labute approximate surface area is 101 Å². The summed E-state index contributed by atoms with van der Waals surface area (Å²) in [5, 5.41) is 2.29. The average Bonchev–Trinajstić information content (AvgIpc) is 2.14. The van der Waals surface area contributed by atoms with Gasteiger partial charge in [-0.2, -0.15) is 0 Å². The second kappa shape index (κ2) is 7.01. The van der Waals surface area contributed by atoms with Crippen LogP contribution in [0.15, 0.2) is 0 Å². The Bertz CT molecular complexity index is 249. The molecule has 5 heteroatoms. The number of rotatable bonds is 7. The van der Waals surface area contributed by atoms with Crippen LogP contribution in [0.2, 0.25) is 0 Å². The van der Waals surface area contributed by atoms with Crippen LogP contribution >= 0.6 is 0 Å². The highest BCUT2D eigenvalue weighted by atomic mass is 32.2. The maximum absolute atomic E-state index is 11.8. The minimum Gasteiger partial charge on any atom is -0.355 e. The number of amides is 1. The van der Waals surface area contributed by atoms with Gasteiger partial charge in [-0.3, -0.25) is 9.00 Å². The number of carbonyl (C=O) groups excluding carboxylic acids is 1. The van der Waals surface area contributed by atoms with E-state index in [0.29, 0.717) is 12.3 Å². The van der Waals surface area contributed by atoms with Crippen molar-refractivity contribution >= 4 is 16.7 Å². The molecule has 0 aliphatic heterocycles. The van der Waals surface area contributed by atoms with E-state index in [4.69, 9.17) is 5.73 Å². The van der Waals surface area contributed by atoms with E-state index in [2.05, 4.69) is 12.2 Å². The molecule has 0 radical (unpaired) electrons. The lowest BCUT2D eigenvalue weighted by Crippen LogP contribution is -2.44. The molecule has 16 heavy (non-hydrogen) atoms. The summed E-state index contributed by atoms with van der Waals surface area (Å²) in [6.45, 7) is 8.02.